The van der Waals surface area contributed by atoms with E-state index in [9.17, 15) is 0 Å². The topological polar surface area (TPSA) is 124 Å². The molecule has 198 valence electrons. The number of benzene rings is 2. The maximum atomic E-state index is 6.79. The van der Waals surface area contributed by atoms with Gasteiger partial charge in [0, 0.05) is 44.7 Å². The predicted molar refractivity (Wildman–Crippen MR) is 142 cm³/mol. The van der Waals surface area contributed by atoms with E-state index >= 15 is 0 Å². The Labute approximate surface area is 218 Å². The summed E-state index contributed by atoms with van der Waals surface area (Å²) in [5.74, 6) is 2.16. The Balaban J connectivity index is 1.74. The molecule has 0 radical (unpaired) electrons. The van der Waals surface area contributed by atoms with Crippen LogP contribution >= 0.6 is 0 Å². The second-order valence-electron chi connectivity index (χ2n) is 9.12. The molecule has 37 heavy (non-hydrogen) atoms. The van der Waals surface area contributed by atoms with Crippen LogP contribution in [0.1, 0.15) is 30.9 Å². The first-order valence-corrected chi connectivity index (χ1v) is 12.5. The van der Waals surface area contributed by atoms with E-state index in [0.717, 1.165) is 46.6 Å². The van der Waals surface area contributed by atoms with Crippen LogP contribution in [0, 0.1) is 5.92 Å². The van der Waals surface area contributed by atoms with Gasteiger partial charge in [0.2, 0.25) is 5.95 Å². The molecule has 1 heterocycles. The first kappa shape index (κ1) is 26.7. The van der Waals surface area contributed by atoms with Crippen molar-refractivity contribution in [2.75, 3.05) is 45.7 Å². The molecule has 9 heteroatoms. The van der Waals surface area contributed by atoms with Crippen LogP contribution in [0.2, 0.25) is 0 Å². The van der Waals surface area contributed by atoms with E-state index in [4.69, 9.17) is 35.2 Å². The van der Waals surface area contributed by atoms with Crippen molar-refractivity contribution in [3.05, 3.63) is 59.8 Å². The number of anilines is 2. The smallest absolute Gasteiger partial charge is 0.221 e. The largest absolute Gasteiger partial charge is 0.493 e. The van der Waals surface area contributed by atoms with E-state index in [2.05, 4.69) is 22.1 Å². The van der Waals surface area contributed by atoms with Crippen molar-refractivity contribution in [2.45, 2.75) is 38.4 Å². The highest BCUT2D eigenvalue weighted by Gasteiger charge is 2.37. The van der Waals surface area contributed by atoms with E-state index in [1.54, 1.807) is 20.4 Å². The zero-order valence-corrected chi connectivity index (χ0v) is 21.7. The summed E-state index contributed by atoms with van der Waals surface area (Å²) in [4.78, 5) is 8.22. The van der Waals surface area contributed by atoms with Gasteiger partial charge < -0.3 is 35.2 Å². The van der Waals surface area contributed by atoms with Crippen molar-refractivity contribution in [1.82, 2.24) is 9.97 Å². The highest BCUT2D eigenvalue weighted by Crippen LogP contribution is 2.43. The molecule has 1 fully saturated rings. The third-order valence-electron chi connectivity index (χ3n) is 6.47. The molecule has 3 aromatic rings. The van der Waals surface area contributed by atoms with Gasteiger partial charge in [-0.1, -0.05) is 30.3 Å². The summed E-state index contributed by atoms with van der Waals surface area (Å²) in [5, 5.41) is 0. The maximum absolute atomic E-state index is 6.79. The first-order chi connectivity index (χ1) is 18.0. The van der Waals surface area contributed by atoms with Gasteiger partial charge in [-0.3, -0.25) is 0 Å². The van der Waals surface area contributed by atoms with Crippen LogP contribution in [0.4, 0.5) is 11.8 Å². The zero-order valence-electron chi connectivity index (χ0n) is 21.7. The lowest BCUT2D eigenvalue weighted by atomic mass is 9.98. The van der Waals surface area contributed by atoms with Gasteiger partial charge in [0.05, 0.1) is 24.9 Å². The lowest BCUT2D eigenvalue weighted by Gasteiger charge is -2.24. The Bertz CT molecular complexity index is 1160. The molecule has 1 aliphatic carbocycles. The number of nitrogens with two attached hydrogens (primary N) is 2. The lowest BCUT2D eigenvalue weighted by molar-refractivity contribution is -0.0718. The van der Waals surface area contributed by atoms with Crippen LogP contribution in [0.15, 0.2) is 48.7 Å². The fourth-order valence-corrected chi connectivity index (χ4v) is 4.82. The Morgan fingerprint density at radius 3 is 2.49 bits per heavy atom. The van der Waals surface area contributed by atoms with E-state index in [1.165, 1.54) is 0 Å². The molecule has 0 spiro atoms. The molecule has 1 saturated carbocycles. The molecule has 0 bridgehead atoms. The van der Waals surface area contributed by atoms with Crippen molar-refractivity contribution in [3.8, 4) is 22.6 Å². The third kappa shape index (κ3) is 6.68. The molecule has 0 saturated heterocycles. The molecule has 3 atom stereocenters. The van der Waals surface area contributed by atoms with Crippen molar-refractivity contribution in [1.29, 1.82) is 0 Å². The second-order valence-corrected chi connectivity index (χ2v) is 9.12. The summed E-state index contributed by atoms with van der Waals surface area (Å²) in [6.07, 6.45) is 3.67. The molecule has 9 nitrogen and oxygen atoms in total. The first-order valence-electron chi connectivity index (χ1n) is 12.5. The highest BCUT2D eigenvalue weighted by molar-refractivity contribution is 5.77. The summed E-state index contributed by atoms with van der Waals surface area (Å²) < 4.78 is 29.5. The Morgan fingerprint density at radius 2 is 1.78 bits per heavy atom. The monoisotopic (exact) mass is 508 g/mol. The van der Waals surface area contributed by atoms with Gasteiger partial charge in [-0.25, -0.2) is 4.98 Å². The normalized spacial score (nSPS) is 19.2. The molecule has 1 aromatic heterocycles. The second kappa shape index (κ2) is 12.7. The van der Waals surface area contributed by atoms with Crippen molar-refractivity contribution < 1.29 is 23.7 Å². The van der Waals surface area contributed by atoms with Crippen LogP contribution < -0.4 is 20.9 Å². The fourth-order valence-electron chi connectivity index (χ4n) is 4.82. The van der Waals surface area contributed by atoms with Gasteiger partial charge in [-0.05, 0) is 36.6 Å². The van der Waals surface area contributed by atoms with E-state index in [-0.39, 0.29) is 30.9 Å². The minimum atomic E-state index is -0.0982. The van der Waals surface area contributed by atoms with Gasteiger partial charge >= 0.3 is 0 Å². The minimum absolute atomic E-state index is 0.0338. The molecular weight excluding hydrogens is 472 g/mol. The van der Waals surface area contributed by atoms with Crippen LogP contribution in [0.25, 0.3) is 11.1 Å². The zero-order chi connectivity index (χ0) is 26.2. The van der Waals surface area contributed by atoms with Gasteiger partial charge in [-0.15, -0.1) is 0 Å². The van der Waals surface area contributed by atoms with Crippen molar-refractivity contribution >= 4 is 11.8 Å². The number of methoxy groups -OCH3 is 2. The summed E-state index contributed by atoms with van der Waals surface area (Å²) in [6, 6.07) is 14.2. The van der Waals surface area contributed by atoms with Gasteiger partial charge in [0.25, 0.3) is 0 Å². The maximum Gasteiger partial charge on any atom is 0.221 e. The Kier molecular flexibility index (Phi) is 9.16. The third-order valence-corrected chi connectivity index (χ3v) is 6.47. The molecule has 1 aliphatic rings. The van der Waals surface area contributed by atoms with E-state index in [1.807, 2.05) is 37.3 Å². The summed E-state index contributed by atoms with van der Waals surface area (Å²) in [5.41, 5.74) is 15.5. The highest BCUT2D eigenvalue weighted by atomic mass is 16.7. The van der Waals surface area contributed by atoms with Crippen LogP contribution in [0.5, 0.6) is 11.5 Å². The molecule has 0 amide bonds. The Morgan fingerprint density at radius 1 is 1.00 bits per heavy atom. The molecule has 3 unspecified atom stereocenters. The summed E-state index contributed by atoms with van der Waals surface area (Å²) >= 11 is 0. The number of ether oxygens (including phenoxy) is 5. The van der Waals surface area contributed by atoms with Gasteiger partial charge in [-0.2, -0.15) is 4.98 Å². The van der Waals surface area contributed by atoms with Crippen molar-refractivity contribution in [2.24, 2.45) is 5.92 Å². The number of aromatic nitrogens is 2. The SMILES string of the molecule is CCOc1cc(Cc2cnc(N)nc2N)cc(OC2CC(OCOC)CC2COC)c1-c1ccccc1. The number of nitrogen functional groups attached to an aromatic ring is 2. The van der Waals surface area contributed by atoms with E-state index < -0.39 is 0 Å². The van der Waals surface area contributed by atoms with Crippen LogP contribution in [-0.4, -0.2) is 56.4 Å². The number of hydrogen-bond acceptors (Lipinski definition) is 9. The molecule has 4 rings (SSSR count). The van der Waals surface area contributed by atoms with Gasteiger partial charge in [0.1, 0.15) is 30.2 Å². The average Bonchev–Trinajstić information content (AvgIpc) is 3.26. The standard InChI is InChI=1S/C28H36N4O5/c1-4-35-24-11-18(10-20-15-31-28(30)32-27(20)29)12-25(26(24)19-8-6-5-7-9-19)37-23-14-22(36-17-34-3)13-21(23)16-33-2/h5-9,11-12,15,21-23H,4,10,13-14,16-17H2,1-3H3,(H4,29,30,31,32). The quantitative estimate of drug-likeness (QED) is 0.348. The van der Waals surface area contributed by atoms with Crippen LogP contribution in [-0.2, 0) is 20.6 Å². The predicted octanol–water partition coefficient (Wildman–Crippen LogP) is 4.09. The summed E-state index contributed by atoms with van der Waals surface area (Å²) in [7, 11) is 3.34. The number of hydrogen-bond donors (Lipinski definition) is 2. The number of nitrogens with zero attached hydrogens (tertiary/aromatic N) is 2. The fraction of sp³-hybridized carbons (Fsp3) is 0.429. The molecule has 0 aliphatic heterocycles. The molecule has 2 aromatic carbocycles. The molecular formula is C28H36N4O5. The lowest BCUT2D eigenvalue weighted by Crippen LogP contribution is -2.25. The van der Waals surface area contributed by atoms with E-state index in [0.29, 0.717) is 25.5 Å². The van der Waals surface area contributed by atoms with Gasteiger partial charge in [0.15, 0.2) is 0 Å². The number of rotatable bonds is 12. The average molecular weight is 509 g/mol. The Hall–Kier alpha value is -3.40. The molecule has 4 N–H and O–H groups in total. The minimum Gasteiger partial charge on any atom is -0.493 e. The summed E-state index contributed by atoms with van der Waals surface area (Å²) in [6.45, 7) is 3.31. The van der Waals surface area contributed by atoms with Crippen LogP contribution in [0.3, 0.4) is 0 Å². The van der Waals surface area contributed by atoms with Crippen molar-refractivity contribution in [3.63, 3.8) is 0 Å².